The van der Waals surface area contributed by atoms with Crippen LogP contribution in [0.1, 0.15) is 22.7 Å². The van der Waals surface area contributed by atoms with E-state index in [0.29, 0.717) is 19.5 Å². The molecule has 1 aliphatic heterocycles. The fourth-order valence-corrected chi connectivity index (χ4v) is 4.28. The molecule has 5 heteroatoms. The van der Waals surface area contributed by atoms with Crippen LogP contribution in [0, 0.1) is 5.82 Å². The lowest BCUT2D eigenvalue weighted by Gasteiger charge is -2.40. The molecule has 1 fully saturated rings. The second kappa shape index (κ2) is 9.86. The lowest BCUT2D eigenvalue weighted by atomic mass is 9.96. The van der Waals surface area contributed by atoms with Gasteiger partial charge in [-0.25, -0.2) is 4.39 Å². The Morgan fingerprint density at radius 1 is 0.806 bits per heavy atom. The lowest BCUT2D eigenvalue weighted by Crippen LogP contribution is -2.54. The summed E-state index contributed by atoms with van der Waals surface area (Å²) in [5.74, 6) is -0.328. The van der Waals surface area contributed by atoms with Crippen molar-refractivity contribution >= 4 is 5.91 Å². The van der Waals surface area contributed by atoms with Crippen LogP contribution in [0.5, 0.6) is 0 Å². The molecule has 1 amide bonds. The number of nitrogens with zero attached hydrogens (tertiary/aromatic N) is 2. The Bertz CT molecular complexity index is 931. The molecule has 1 atom stereocenters. The van der Waals surface area contributed by atoms with Gasteiger partial charge in [0, 0.05) is 26.2 Å². The average molecular weight is 418 g/mol. The average Bonchev–Trinajstić information content (AvgIpc) is 2.82. The van der Waals surface area contributed by atoms with Crippen molar-refractivity contribution in [3.63, 3.8) is 0 Å². The van der Waals surface area contributed by atoms with E-state index in [1.165, 1.54) is 23.3 Å². The Morgan fingerprint density at radius 2 is 1.32 bits per heavy atom. The van der Waals surface area contributed by atoms with E-state index in [4.69, 9.17) is 5.73 Å². The Balaban J connectivity index is 1.41. The van der Waals surface area contributed by atoms with Gasteiger partial charge in [-0.1, -0.05) is 72.8 Å². The summed E-state index contributed by atoms with van der Waals surface area (Å²) in [5.41, 5.74) is 9.57. The molecule has 3 aromatic rings. The van der Waals surface area contributed by atoms with Gasteiger partial charge in [-0.2, -0.15) is 0 Å². The quantitative estimate of drug-likeness (QED) is 0.666. The van der Waals surface area contributed by atoms with Crippen LogP contribution in [0.25, 0.3) is 0 Å². The van der Waals surface area contributed by atoms with Crippen LogP contribution in [0.2, 0.25) is 0 Å². The van der Waals surface area contributed by atoms with Gasteiger partial charge in [0.15, 0.2) is 0 Å². The molecule has 1 unspecified atom stereocenters. The maximum absolute atomic E-state index is 13.1. The molecule has 0 bridgehead atoms. The van der Waals surface area contributed by atoms with Crippen LogP contribution < -0.4 is 5.73 Å². The molecular weight excluding hydrogens is 389 g/mol. The highest BCUT2D eigenvalue weighted by molar-refractivity contribution is 5.82. The van der Waals surface area contributed by atoms with E-state index >= 15 is 0 Å². The molecule has 31 heavy (non-hydrogen) atoms. The van der Waals surface area contributed by atoms with Crippen LogP contribution >= 0.6 is 0 Å². The van der Waals surface area contributed by atoms with Crippen molar-refractivity contribution in [3.8, 4) is 0 Å². The van der Waals surface area contributed by atoms with E-state index in [9.17, 15) is 9.18 Å². The zero-order valence-electron chi connectivity index (χ0n) is 17.5. The number of carbonyl (C=O) groups excluding carboxylic acids is 1. The summed E-state index contributed by atoms with van der Waals surface area (Å²) in [5, 5.41) is 0. The van der Waals surface area contributed by atoms with Crippen LogP contribution in [0.15, 0.2) is 84.9 Å². The Labute approximate surface area is 183 Å². The first-order valence-electron chi connectivity index (χ1n) is 10.7. The monoisotopic (exact) mass is 417 g/mol. The normalized spacial score (nSPS) is 15.8. The van der Waals surface area contributed by atoms with Gasteiger partial charge in [-0.15, -0.1) is 0 Å². The molecule has 4 nitrogen and oxygen atoms in total. The van der Waals surface area contributed by atoms with Crippen LogP contribution in [-0.2, 0) is 11.2 Å². The highest BCUT2D eigenvalue weighted by Crippen LogP contribution is 2.29. The summed E-state index contributed by atoms with van der Waals surface area (Å²) in [4.78, 5) is 17.2. The van der Waals surface area contributed by atoms with E-state index < -0.39 is 6.04 Å². The van der Waals surface area contributed by atoms with E-state index in [0.717, 1.165) is 18.7 Å². The zero-order valence-corrected chi connectivity index (χ0v) is 17.5. The standard InChI is InChI=1S/C26H28FN3O/c27-23-13-11-20(12-14-23)19-24(28)26(31)30-17-15-29(16-18-30)25(21-7-3-1-4-8-21)22-9-5-2-6-10-22/h1-14,24-25H,15-19,28H2. The number of rotatable bonds is 6. The van der Waals surface area contributed by atoms with Gasteiger partial charge in [0.1, 0.15) is 5.82 Å². The van der Waals surface area contributed by atoms with Gasteiger partial charge < -0.3 is 10.6 Å². The van der Waals surface area contributed by atoms with Crippen molar-refractivity contribution in [2.24, 2.45) is 5.73 Å². The third-order valence-corrected chi connectivity index (χ3v) is 5.91. The maximum atomic E-state index is 13.1. The second-order valence-corrected chi connectivity index (χ2v) is 8.02. The van der Waals surface area contributed by atoms with Crippen molar-refractivity contribution in [2.75, 3.05) is 26.2 Å². The summed E-state index contributed by atoms with van der Waals surface area (Å²) < 4.78 is 13.1. The molecule has 4 rings (SSSR count). The molecule has 1 aliphatic rings. The van der Waals surface area contributed by atoms with Gasteiger partial charge in [0.25, 0.3) is 0 Å². The molecule has 0 saturated carbocycles. The first kappa shape index (κ1) is 21.2. The minimum atomic E-state index is -0.615. The SMILES string of the molecule is NC(Cc1ccc(F)cc1)C(=O)N1CCN(C(c2ccccc2)c2ccccc2)CC1. The van der Waals surface area contributed by atoms with Crippen molar-refractivity contribution in [3.05, 3.63) is 107 Å². The smallest absolute Gasteiger partial charge is 0.239 e. The predicted molar refractivity (Wildman–Crippen MR) is 121 cm³/mol. The molecule has 1 heterocycles. The number of hydrogen-bond acceptors (Lipinski definition) is 3. The minimum absolute atomic E-state index is 0.0417. The number of benzene rings is 3. The molecule has 2 N–H and O–H groups in total. The molecule has 160 valence electrons. The Hall–Kier alpha value is -3.02. The Morgan fingerprint density at radius 3 is 1.84 bits per heavy atom. The minimum Gasteiger partial charge on any atom is -0.339 e. The number of piperazine rings is 1. The summed E-state index contributed by atoms with van der Waals surface area (Å²) >= 11 is 0. The summed E-state index contributed by atoms with van der Waals surface area (Å²) in [7, 11) is 0. The van der Waals surface area contributed by atoms with Gasteiger partial charge in [0.2, 0.25) is 5.91 Å². The number of carbonyl (C=O) groups is 1. The number of amides is 1. The van der Waals surface area contributed by atoms with E-state index in [1.54, 1.807) is 12.1 Å². The highest BCUT2D eigenvalue weighted by atomic mass is 19.1. The number of hydrogen-bond donors (Lipinski definition) is 1. The molecule has 0 radical (unpaired) electrons. The van der Waals surface area contributed by atoms with Crippen LogP contribution in [0.3, 0.4) is 0 Å². The predicted octanol–water partition coefficient (Wildman–Crippen LogP) is 3.63. The van der Waals surface area contributed by atoms with Crippen LogP contribution in [-0.4, -0.2) is 47.9 Å². The van der Waals surface area contributed by atoms with Crippen molar-refractivity contribution in [2.45, 2.75) is 18.5 Å². The van der Waals surface area contributed by atoms with E-state index in [-0.39, 0.29) is 17.8 Å². The van der Waals surface area contributed by atoms with Crippen molar-refractivity contribution in [1.29, 1.82) is 0 Å². The maximum Gasteiger partial charge on any atom is 0.239 e. The van der Waals surface area contributed by atoms with Crippen molar-refractivity contribution < 1.29 is 9.18 Å². The van der Waals surface area contributed by atoms with Gasteiger partial charge >= 0.3 is 0 Å². The number of halogens is 1. The topological polar surface area (TPSA) is 49.6 Å². The Kier molecular flexibility index (Phi) is 6.75. The molecular formula is C26H28FN3O. The molecule has 0 aromatic heterocycles. The lowest BCUT2D eigenvalue weighted by molar-refractivity contribution is -0.134. The van der Waals surface area contributed by atoms with Crippen molar-refractivity contribution in [1.82, 2.24) is 9.80 Å². The molecule has 1 saturated heterocycles. The first-order chi connectivity index (χ1) is 15.1. The van der Waals surface area contributed by atoms with Gasteiger partial charge in [0.05, 0.1) is 12.1 Å². The summed E-state index contributed by atoms with van der Waals surface area (Å²) in [6, 6.07) is 26.7. The fourth-order valence-electron chi connectivity index (χ4n) is 4.28. The highest BCUT2D eigenvalue weighted by Gasteiger charge is 2.30. The first-order valence-corrected chi connectivity index (χ1v) is 10.7. The second-order valence-electron chi connectivity index (χ2n) is 8.02. The third kappa shape index (κ3) is 5.19. The van der Waals surface area contributed by atoms with Crippen LogP contribution in [0.4, 0.5) is 4.39 Å². The molecule has 0 spiro atoms. The largest absolute Gasteiger partial charge is 0.339 e. The summed E-state index contributed by atoms with van der Waals surface area (Å²) in [6.45, 7) is 2.85. The van der Waals surface area contributed by atoms with Gasteiger partial charge in [-0.3, -0.25) is 9.69 Å². The molecule has 0 aliphatic carbocycles. The number of nitrogens with two attached hydrogens (primary N) is 1. The third-order valence-electron chi connectivity index (χ3n) is 5.91. The zero-order chi connectivity index (χ0) is 21.6. The molecule has 3 aromatic carbocycles. The van der Waals surface area contributed by atoms with Gasteiger partial charge in [-0.05, 0) is 35.2 Å². The van der Waals surface area contributed by atoms with E-state index in [1.807, 2.05) is 17.0 Å². The summed E-state index contributed by atoms with van der Waals surface area (Å²) in [6.07, 6.45) is 0.413. The van der Waals surface area contributed by atoms with E-state index in [2.05, 4.69) is 53.4 Å². The fraction of sp³-hybridized carbons (Fsp3) is 0.269.